The Kier molecular flexibility index (Phi) is 5.15. The topological polar surface area (TPSA) is 18.1 Å². The third kappa shape index (κ3) is 4.21. The number of hydrogen-bond acceptors (Lipinski definition) is 1. The molecule has 21 heavy (non-hydrogen) atoms. The summed E-state index contributed by atoms with van der Waals surface area (Å²) in [5.41, 5.74) is 3.04. The molecule has 1 heterocycles. The molecule has 0 spiro atoms. The van der Waals surface area contributed by atoms with Crippen LogP contribution in [0.4, 0.5) is 0 Å². The lowest BCUT2D eigenvalue weighted by atomic mass is 10.1. The van der Waals surface area contributed by atoms with Gasteiger partial charge in [0.25, 0.3) is 0 Å². The van der Waals surface area contributed by atoms with Crippen LogP contribution in [0, 0.1) is 0 Å². The number of piperazine rings is 1. The van der Waals surface area contributed by atoms with Gasteiger partial charge in [-0.15, -0.1) is 0 Å². The number of hydrogen-bond donors (Lipinski definition) is 2. The summed E-state index contributed by atoms with van der Waals surface area (Å²) in [4.78, 5) is 3.48. The molecular weight excluding hydrogens is 260 g/mol. The standard InChI is InChI=1S/C18H28N2O/c1-19-10-12-20(13-11-19)9-2-3-14-21-18-8-7-16-5-4-6-17(16)15-18/h7-8,15H,2-6,9-14H2,1H3/p+2. The number of nitrogens with one attached hydrogen (secondary N) is 2. The van der Waals surface area contributed by atoms with Crippen LogP contribution in [0.5, 0.6) is 5.75 Å². The van der Waals surface area contributed by atoms with Gasteiger partial charge in [0.1, 0.15) is 31.9 Å². The summed E-state index contributed by atoms with van der Waals surface area (Å²) < 4.78 is 5.92. The molecule has 3 rings (SSSR count). The number of rotatable bonds is 6. The van der Waals surface area contributed by atoms with E-state index in [1.54, 1.807) is 9.80 Å². The van der Waals surface area contributed by atoms with Gasteiger partial charge in [0, 0.05) is 0 Å². The lowest BCUT2D eigenvalue weighted by Crippen LogP contribution is -3.27. The maximum atomic E-state index is 5.92. The van der Waals surface area contributed by atoms with Crippen molar-refractivity contribution in [3.05, 3.63) is 29.3 Å². The third-order valence-electron chi connectivity index (χ3n) is 5.07. The normalized spacial score (nSPS) is 24.8. The van der Waals surface area contributed by atoms with Crippen molar-refractivity contribution < 1.29 is 14.5 Å². The smallest absolute Gasteiger partial charge is 0.127 e. The lowest BCUT2D eigenvalue weighted by Gasteiger charge is -2.27. The third-order valence-corrected chi connectivity index (χ3v) is 5.07. The van der Waals surface area contributed by atoms with Crippen molar-refractivity contribution in [1.82, 2.24) is 0 Å². The zero-order valence-electron chi connectivity index (χ0n) is 13.4. The molecule has 0 bridgehead atoms. The van der Waals surface area contributed by atoms with E-state index in [-0.39, 0.29) is 0 Å². The first-order chi connectivity index (χ1) is 10.3. The van der Waals surface area contributed by atoms with Gasteiger partial charge >= 0.3 is 0 Å². The highest BCUT2D eigenvalue weighted by Crippen LogP contribution is 2.25. The number of fused-ring (bicyclic) bond motifs is 1. The summed E-state index contributed by atoms with van der Waals surface area (Å²) in [6.07, 6.45) is 6.28. The van der Waals surface area contributed by atoms with Crippen molar-refractivity contribution in [2.24, 2.45) is 0 Å². The Hall–Kier alpha value is -1.06. The maximum absolute atomic E-state index is 5.92. The Bertz CT molecular complexity index is 453. The molecule has 3 nitrogen and oxygen atoms in total. The van der Waals surface area contributed by atoms with Gasteiger partial charge in [-0.2, -0.15) is 0 Å². The fourth-order valence-corrected chi connectivity index (χ4v) is 3.59. The molecule has 1 aliphatic heterocycles. The van der Waals surface area contributed by atoms with Crippen molar-refractivity contribution in [3.8, 4) is 5.75 Å². The van der Waals surface area contributed by atoms with Crippen LogP contribution in [0.15, 0.2) is 18.2 Å². The molecule has 2 aliphatic rings. The van der Waals surface area contributed by atoms with Crippen LogP contribution in [0.1, 0.15) is 30.4 Å². The van der Waals surface area contributed by atoms with Gasteiger partial charge in [0.2, 0.25) is 0 Å². The quantitative estimate of drug-likeness (QED) is 0.692. The highest BCUT2D eigenvalue weighted by Gasteiger charge is 2.18. The van der Waals surface area contributed by atoms with E-state index in [9.17, 15) is 0 Å². The SMILES string of the molecule is C[NH+]1CC[NH+](CCCCOc2ccc3c(c2)CCC3)CC1. The molecule has 0 radical (unpaired) electrons. The van der Waals surface area contributed by atoms with E-state index < -0.39 is 0 Å². The fraction of sp³-hybridized carbons (Fsp3) is 0.667. The number of aryl methyl sites for hydroxylation is 2. The Balaban J connectivity index is 1.31. The summed E-state index contributed by atoms with van der Waals surface area (Å²) in [5, 5.41) is 0. The van der Waals surface area contributed by atoms with Crippen molar-refractivity contribution in [2.45, 2.75) is 32.1 Å². The molecule has 0 amide bonds. The largest absolute Gasteiger partial charge is 0.494 e. The number of quaternary nitrogens is 2. The molecule has 1 aliphatic carbocycles. The summed E-state index contributed by atoms with van der Waals surface area (Å²) in [6, 6.07) is 6.67. The summed E-state index contributed by atoms with van der Waals surface area (Å²) in [7, 11) is 2.31. The molecule has 116 valence electrons. The van der Waals surface area contributed by atoms with Crippen molar-refractivity contribution in [3.63, 3.8) is 0 Å². The molecule has 3 heteroatoms. The van der Waals surface area contributed by atoms with Gasteiger partial charge in [-0.05, 0) is 55.4 Å². The Morgan fingerprint density at radius 3 is 2.67 bits per heavy atom. The zero-order valence-corrected chi connectivity index (χ0v) is 13.4. The van der Waals surface area contributed by atoms with E-state index >= 15 is 0 Å². The first-order valence-corrected chi connectivity index (χ1v) is 8.71. The first-order valence-electron chi connectivity index (χ1n) is 8.71. The van der Waals surface area contributed by atoms with Crippen LogP contribution in [0.3, 0.4) is 0 Å². The molecule has 1 saturated heterocycles. The van der Waals surface area contributed by atoms with Gasteiger partial charge in [0.15, 0.2) is 0 Å². The lowest BCUT2D eigenvalue weighted by molar-refractivity contribution is -1.00. The van der Waals surface area contributed by atoms with Crippen LogP contribution in [-0.2, 0) is 12.8 Å². The highest BCUT2D eigenvalue weighted by molar-refractivity contribution is 5.38. The van der Waals surface area contributed by atoms with Gasteiger partial charge in [-0.3, -0.25) is 0 Å². The van der Waals surface area contributed by atoms with Crippen LogP contribution in [0.25, 0.3) is 0 Å². The van der Waals surface area contributed by atoms with E-state index in [0.29, 0.717) is 0 Å². The van der Waals surface area contributed by atoms with Crippen LogP contribution in [-0.4, -0.2) is 46.4 Å². The average molecular weight is 290 g/mol. The molecular formula is C18H30N2O+2. The van der Waals surface area contributed by atoms with Crippen LogP contribution in [0.2, 0.25) is 0 Å². The zero-order chi connectivity index (χ0) is 14.5. The first kappa shape index (κ1) is 14.9. The summed E-state index contributed by atoms with van der Waals surface area (Å²) in [6.45, 7) is 7.55. The van der Waals surface area contributed by atoms with E-state index in [0.717, 1.165) is 12.4 Å². The Labute approximate surface area is 128 Å². The van der Waals surface area contributed by atoms with E-state index in [1.807, 2.05) is 0 Å². The van der Waals surface area contributed by atoms with Crippen LogP contribution < -0.4 is 14.5 Å². The molecule has 1 fully saturated rings. The predicted octanol–water partition coefficient (Wildman–Crippen LogP) is -0.252. The van der Waals surface area contributed by atoms with Crippen LogP contribution >= 0.6 is 0 Å². The second-order valence-corrected chi connectivity index (χ2v) is 6.80. The molecule has 1 aromatic carbocycles. The molecule has 2 N–H and O–H groups in total. The summed E-state index contributed by atoms with van der Waals surface area (Å²) >= 11 is 0. The Morgan fingerprint density at radius 1 is 1.00 bits per heavy atom. The van der Waals surface area contributed by atoms with Gasteiger partial charge in [-0.25, -0.2) is 0 Å². The summed E-state index contributed by atoms with van der Waals surface area (Å²) in [5.74, 6) is 1.08. The minimum Gasteiger partial charge on any atom is -0.494 e. The van der Waals surface area contributed by atoms with E-state index in [4.69, 9.17) is 4.74 Å². The monoisotopic (exact) mass is 290 g/mol. The molecule has 0 aromatic heterocycles. The van der Waals surface area contributed by atoms with Gasteiger partial charge in [-0.1, -0.05) is 6.07 Å². The Morgan fingerprint density at radius 2 is 1.81 bits per heavy atom. The highest BCUT2D eigenvalue weighted by atomic mass is 16.5. The molecule has 1 aromatic rings. The van der Waals surface area contributed by atoms with E-state index in [2.05, 4.69) is 25.2 Å². The van der Waals surface area contributed by atoms with Crippen molar-refractivity contribution >= 4 is 0 Å². The van der Waals surface area contributed by atoms with Gasteiger partial charge in [0.05, 0.1) is 20.2 Å². The predicted molar refractivity (Wildman–Crippen MR) is 85.4 cm³/mol. The van der Waals surface area contributed by atoms with Crippen molar-refractivity contribution in [2.75, 3.05) is 46.4 Å². The molecule has 0 unspecified atom stereocenters. The number of unbranched alkanes of at least 4 members (excludes halogenated alkanes) is 1. The van der Waals surface area contributed by atoms with Crippen molar-refractivity contribution in [1.29, 1.82) is 0 Å². The minimum atomic E-state index is 0.872. The fourth-order valence-electron chi connectivity index (χ4n) is 3.59. The molecule has 0 atom stereocenters. The second kappa shape index (κ2) is 7.28. The van der Waals surface area contributed by atoms with Gasteiger partial charge < -0.3 is 14.5 Å². The average Bonchev–Trinajstić information content (AvgIpc) is 2.96. The number of ether oxygens (including phenoxy) is 1. The molecule has 0 saturated carbocycles. The van der Waals surface area contributed by atoms with E-state index in [1.165, 1.54) is 76.0 Å². The minimum absolute atomic E-state index is 0.872. The number of likely N-dealkylation sites (N-methyl/N-ethyl adjacent to an activating group) is 1. The second-order valence-electron chi connectivity index (χ2n) is 6.80. The number of benzene rings is 1. The maximum Gasteiger partial charge on any atom is 0.127 e.